The first-order valence-corrected chi connectivity index (χ1v) is 8.16. The molecule has 0 radical (unpaired) electrons. The lowest BCUT2D eigenvalue weighted by atomic mass is 10.2. The van der Waals surface area contributed by atoms with Crippen LogP contribution in [0, 0.1) is 24.4 Å². The number of hydrogen-bond donors (Lipinski definition) is 2. The fraction of sp³-hybridized carbons (Fsp3) is 0.158. The topological polar surface area (TPSA) is 68.3 Å². The predicted octanol–water partition coefficient (Wildman–Crippen LogP) is 4.71. The molecule has 6 nitrogen and oxygen atoms in total. The highest BCUT2D eigenvalue weighted by Gasteiger charge is 2.15. The normalized spacial score (nSPS) is 10.5. The Morgan fingerprint density at radius 3 is 2.29 bits per heavy atom. The Hall–Kier alpha value is -3.49. The number of methoxy groups -OCH3 is 2. The number of ether oxygens (including phenoxy) is 2. The van der Waals surface area contributed by atoms with Crippen molar-refractivity contribution >= 4 is 23.1 Å². The fourth-order valence-corrected chi connectivity index (χ4v) is 2.47. The molecular weight excluding hydrogens is 373 g/mol. The van der Waals surface area contributed by atoms with E-state index >= 15 is 0 Å². The van der Waals surface area contributed by atoms with Gasteiger partial charge >= 0.3 is 0 Å². The zero-order valence-electron chi connectivity index (χ0n) is 15.3. The zero-order valence-corrected chi connectivity index (χ0v) is 15.3. The SMILES string of the molecule is COc1ccc(Nc2nc(C)cc(Nc3ccc(F)c(F)c3F)n2)c(OC)c1. The van der Waals surface area contributed by atoms with Crippen LogP contribution < -0.4 is 20.1 Å². The van der Waals surface area contributed by atoms with Crippen molar-refractivity contribution in [2.24, 2.45) is 0 Å². The molecule has 0 saturated carbocycles. The third kappa shape index (κ3) is 4.08. The first-order valence-electron chi connectivity index (χ1n) is 8.16. The minimum absolute atomic E-state index is 0.201. The first kappa shape index (κ1) is 19.3. The van der Waals surface area contributed by atoms with Gasteiger partial charge in [0.25, 0.3) is 0 Å². The molecule has 1 aromatic heterocycles. The van der Waals surface area contributed by atoms with Gasteiger partial charge < -0.3 is 20.1 Å². The van der Waals surface area contributed by atoms with Crippen molar-refractivity contribution in [3.63, 3.8) is 0 Å². The van der Waals surface area contributed by atoms with Crippen molar-refractivity contribution in [3.05, 3.63) is 59.5 Å². The second-order valence-corrected chi connectivity index (χ2v) is 5.76. The average Bonchev–Trinajstić information content (AvgIpc) is 2.68. The van der Waals surface area contributed by atoms with E-state index in [0.29, 0.717) is 22.9 Å². The average molecular weight is 390 g/mol. The molecule has 0 aliphatic carbocycles. The van der Waals surface area contributed by atoms with Gasteiger partial charge in [-0.15, -0.1) is 0 Å². The van der Waals surface area contributed by atoms with E-state index in [4.69, 9.17) is 9.47 Å². The van der Waals surface area contributed by atoms with E-state index < -0.39 is 17.5 Å². The number of aromatic nitrogens is 2. The molecule has 3 aromatic rings. The maximum absolute atomic E-state index is 13.9. The summed E-state index contributed by atoms with van der Waals surface area (Å²) in [6.45, 7) is 1.71. The van der Waals surface area contributed by atoms with Crippen molar-refractivity contribution in [1.29, 1.82) is 0 Å². The Morgan fingerprint density at radius 2 is 1.57 bits per heavy atom. The predicted molar refractivity (Wildman–Crippen MR) is 99.2 cm³/mol. The van der Waals surface area contributed by atoms with Crippen LogP contribution in [0.3, 0.4) is 0 Å². The number of rotatable bonds is 6. The van der Waals surface area contributed by atoms with E-state index in [9.17, 15) is 13.2 Å². The van der Waals surface area contributed by atoms with E-state index in [1.807, 2.05) is 0 Å². The van der Waals surface area contributed by atoms with Gasteiger partial charge in [-0.2, -0.15) is 4.98 Å². The van der Waals surface area contributed by atoms with E-state index in [-0.39, 0.29) is 17.5 Å². The second-order valence-electron chi connectivity index (χ2n) is 5.76. The molecule has 1 heterocycles. The van der Waals surface area contributed by atoms with Crippen molar-refractivity contribution in [2.45, 2.75) is 6.92 Å². The van der Waals surface area contributed by atoms with Crippen LogP contribution in [0.25, 0.3) is 0 Å². The van der Waals surface area contributed by atoms with Crippen LogP contribution in [-0.4, -0.2) is 24.2 Å². The molecule has 9 heteroatoms. The van der Waals surface area contributed by atoms with Gasteiger partial charge in [-0.3, -0.25) is 0 Å². The van der Waals surface area contributed by atoms with Gasteiger partial charge in [-0.05, 0) is 31.2 Å². The third-order valence-electron chi connectivity index (χ3n) is 3.81. The molecule has 0 saturated heterocycles. The van der Waals surface area contributed by atoms with Gasteiger partial charge in [0, 0.05) is 17.8 Å². The van der Waals surface area contributed by atoms with E-state index in [1.54, 1.807) is 32.2 Å². The summed E-state index contributed by atoms with van der Waals surface area (Å²) in [5.41, 5.74) is 0.902. The molecule has 2 aromatic carbocycles. The summed E-state index contributed by atoms with van der Waals surface area (Å²) in [5.74, 6) is -2.63. The first-order chi connectivity index (χ1) is 13.4. The van der Waals surface area contributed by atoms with Crippen molar-refractivity contribution in [1.82, 2.24) is 9.97 Å². The minimum Gasteiger partial charge on any atom is -0.497 e. The maximum Gasteiger partial charge on any atom is 0.229 e. The zero-order chi connectivity index (χ0) is 20.3. The van der Waals surface area contributed by atoms with Crippen LogP contribution in [0.5, 0.6) is 11.5 Å². The lowest BCUT2D eigenvalue weighted by Crippen LogP contribution is -2.05. The molecule has 0 bridgehead atoms. The third-order valence-corrected chi connectivity index (χ3v) is 3.81. The summed E-state index contributed by atoms with van der Waals surface area (Å²) in [7, 11) is 3.05. The standard InChI is InChI=1S/C19H17F3N4O2/c1-10-8-16(24-14-7-5-12(20)17(21)18(14)22)26-19(23-10)25-13-6-4-11(27-2)9-15(13)28-3/h4-9H,1-3H3,(H2,23,24,25,26). The molecule has 3 rings (SSSR count). The molecule has 2 N–H and O–H groups in total. The second kappa shape index (κ2) is 8.03. The highest BCUT2D eigenvalue weighted by atomic mass is 19.2. The number of aryl methyl sites for hydroxylation is 1. The van der Waals surface area contributed by atoms with Gasteiger partial charge in [0.2, 0.25) is 5.95 Å². The lowest BCUT2D eigenvalue weighted by molar-refractivity contribution is 0.395. The Kier molecular flexibility index (Phi) is 5.53. The molecule has 146 valence electrons. The van der Waals surface area contributed by atoms with Crippen molar-refractivity contribution in [2.75, 3.05) is 24.9 Å². The lowest BCUT2D eigenvalue weighted by Gasteiger charge is -2.13. The molecule has 0 aliphatic rings. The molecule has 0 unspecified atom stereocenters. The van der Waals surface area contributed by atoms with Crippen LogP contribution in [0.4, 0.5) is 36.3 Å². The van der Waals surface area contributed by atoms with Crippen LogP contribution in [0.2, 0.25) is 0 Å². The van der Waals surface area contributed by atoms with Crippen LogP contribution >= 0.6 is 0 Å². The van der Waals surface area contributed by atoms with E-state index in [2.05, 4.69) is 20.6 Å². The Balaban J connectivity index is 1.89. The number of halogens is 3. The Bertz CT molecular complexity index is 1010. The Morgan fingerprint density at radius 1 is 0.821 bits per heavy atom. The number of nitrogens with zero attached hydrogens (tertiary/aromatic N) is 2. The summed E-state index contributed by atoms with van der Waals surface area (Å²) in [4.78, 5) is 8.50. The van der Waals surface area contributed by atoms with Crippen LogP contribution in [0.15, 0.2) is 36.4 Å². The Labute approximate surface area is 159 Å². The maximum atomic E-state index is 13.9. The molecule has 28 heavy (non-hydrogen) atoms. The molecule has 0 amide bonds. The van der Waals surface area contributed by atoms with Gasteiger partial charge in [-0.25, -0.2) is 18.2 Å². The quantitative estimate of drug-likeness (QED) is 0.595. The largest absolute Gasteiger partial charge is 0.497 e. The summed E-state index contributed by atoms with van der Waals surface area (Å²) in [6, 6.07) is 8.61. The number of hydrogen-bond acceptors (Lipinski definition) is 6. The minimum atomic E-state index is -1.56. The summed E-state index contributed by atoms with van der Waals surface area (Å²) in [6.07, 6.45) is 0. The summed E-state index contributed by atoms with van der Waals surface area (Å²) in [5, 5.41) is 5.64. The molecule has 0 atom stereocenters. The van der Waals surface area contributed by atoms with E-state index in [0.717, 1.165) is 12.1 Å². The number of anilines is 4. The van der Waals surface area contributed by atoms with Crippen LogP contribution in [0.1, 0.15) is 5.69 Å². The smallest absolute Gasteiger partial charge is 0.229 e. The van der Waals surface area contributed by atoms with Gasteiger partial charge in [0.1, 0.15) is 17.3 Å². The monoisotopic (exact) mass is 390 g/mol. The highest BCUT2D eigenvalue weighted by molar-refractivity contribution is 5.66. The van der Waals surface area contributed by atoms with Crippen molar-refractivity contribution in [3.8, 4) is 11.5 Å². The van der Waals surface area contributed by atoms with Gasteiger partial charge in [-0.1, -0.05) is 0 Å². The molecule has 0 aliphatic heterocycles. The highest BCUT2D eigenvalue weighted by Crippen LogP contribution is 2.31. The summed E-state index contributed by atoms with van der Waals surface area (Å²) < 4.78 is 50.9. The molecule has 0 spiro atoms. The number of benzene rings is 2. The fourth-order valence-electron chi connectivity index (χ4n) is 2.47. The molecule has 0 fully saturated rings. The van der Waals surface area contributed by atoms with Gasteiger partial charge in [0.05, 0.1) is 25.6 Å². The van der Waals surface area contributed by atoms with Crippen molar-refractivity contribution < 1.29 is 22.6 Å². The van der Waals surface area contributed by atoms with E-state index in [1.165, 1.54) is 13.2 Å². The van der Waals surface area contributed by atoms with Gasteiger partial charge in [0.15, 0.2) is 17.5 Å². The molecular formula is C19H17F3N4O2. The van der Waals surface area contributed by atoms with Crippen LogP contribution in [-0.2, 0) is 0 Å². The summed E-state index contributed by atoms with van der Waals surface area (Å²) >= 11 is 0. The number of nitrogens with one attached hydrogen (secondary N) is 2.